The van der Waals surface area contributed by atoms with Crippen LogP contribution in [0.1, 0.15) is 21.7 Å². The normalized spacial score (nSPS) is 10.0. The minimum absolute atomic E-state index is 0.123. The highest BCUT2D eigenvalue weighted by atomic mass is 35.5. The molecule has 0 unspecified atom stereocenters. The van der Waals surface area contributed by atoms with E-state index in [4.69, 9.17) is 22.1 Å². The van der Waals surface area contributed by atoms with Crippen molar-refractivity contribution < 1.29 is 9.18 Å². The summed E-state index contributed by atoms with van der Waals surface area (Å²) in [6, 6.07) is 6.11. The van der Waals surface area contributed by atoms with Gasteiger partial charge in [-0.05, 0) is 12.1 Å². The summed E-state index contributed by atoms with van der Waals surface area (Å²) in [4.78, 5) is 24.2. The average Bonchev–Trinajstić information content (AvgIpc) is 2.84. The van der Waals surface area contributed by atoms with E-state index in [-0.39, 0.29) is 34.2 Å². The van der Waals surface area contributed by atoms with Gasteiger partial charge in [0.1, 0.15) is 35.8 Å². The van der Waals surface area contributed by atoms with E-state index >= 15 is 0 Å². The van der Waals surface area contributed by atoms with Crippen molar-refractivity contribution in [2.45, 2.75) is 6.54 Å². The molecule has 0 aliphatic heterocycles. The van der Waals surface area contributed by atoms with Gasteiger partial charge in [-0.1, -0.05) is 11.6 Å². The van der Waals surface area contributed by atoms with Crippen LogP contribution in [0.15, 0.2) is 23.1 Å². The maximum Gasteiger partial charge on any atom is 0.272 e. The highest BCUT2D eigenvalue weighted by Gasteiger charge is 2.17. The molecule has 122 valence electrons. The number of anilines is 1. The van der Waals surface area contributed by atoms with E-state index in [1.54, 1.807) is 6.07 Å². The Morgan fingerprint density at radius 2 is 2.08 bits per heavy atom. The monoisotopic (exact) mass is 347 g/mol. The minimum Gasteiger partial charge on any atom is -0.330 e. The molecule has 7 nitrogen and oxygen atoms in total. The van der Waals surface area contributed by atoms with Crippen LogP contribution in [0.25, 0.3) is 0 Å². The van der Waals surface area contributed by atoms with Gasteiger partial charge in [0, 0.05) is 13.2 Å². The molecule has 2 aromatic rings. The Kier molecular flexibility index (Phi) is 5.02. The summed E-state index contributed by atoms with van der Waals surface area (Å²) in [5.74, 6) is -0.588. The second-order valence-corrected chi connectivity index (χ2v) is 5.20. The molecule has 0 saturated heterocycles. The van der Waals surface area contributed by atoms with Gasteiger partial charge in [-0.15, -0.1) is 0 Å². The molecule has 0 aliphatic rings. The molecule has 1 amide bonds. The molecule has 2 rings (SSSR count). The summed E-state index contributed by atoms with van der Waals surface area (Å²) < 4.78 is 14.8. The minimum atomic E-state index is -0.791. The van der Waals surface area contributed by atoms with E-state index in [9.17, 15) is 14.0 Å². The Bertz CT molecular complexity index is 948. The number of halogens is 2. The highest BCUT2D eigenvalue weighted by Crippen LogP contribution is 2.20. The van der Waals surface area contributed by atoms with E-state index in [0.29, 0.717) is 0 Å². The standard InChI is InChI=1S/C15H11ClFN5O2/c1-21-12(5-11(16)13(21)7-19)14(23)20-10-4-9(6-18)15(24)22(8-10)3-2-17/h4-5,8H,2-3H2,1H3,(H,20,23). The number of aromatic nitrogens is 2. The summed E-state index contributed by atoms with van der Waals surface area (Å²) in [5, 5.41) is 20.6. The molecule has 0 aromatic carbocycles. The van der Waals surface area contributed by atoms with Gasteiger partial charge in [0.15, 0.2) is 0 Å². The van der Waals surface area contributed by atoms with Crippen molar-refractivity contribution in [3.05, 3.63) is 50.7 Å². The molecule has 2 aromatic heterocycles. The number of rotatable bonds is 4. The lowest BCUT2D eigenvalue weighted by molar-refractivity contribution is 0.101. The maximum atomic E-state index is 12.5. The van der Waals surface area contributed by atoms with Crippen LogP contribution in [0.5, 0.6) is 0 Å². The fourth-order valence-corrected chi connectivity index (χ4v) is 2.42. The van der Waals surface area contributed by atoms with Gasteiger partial charge in [-0.2, -0.15) is 10.5 Å². The molecule has 2 heterocycles. The number of amides is 1. The van der Waals surface area contributed by atoms with Crippen molar-refractivity contribution in [3.63, 3.8) is 0 Å². The second kappa shape index (κ2) is 6.99. The number of nitrogens with zero attached hydrogens (tertiary/aromatic N) is 4. The van der Waals surface area contributed by atoms with E-state index in [0.717, 1.165) is 4.57 Å². The molecule has 1 N–H and O–H groups in total. The van der Waals surface area contributed by atoms with E-state index in [1.165, 1.54) is 29.9 Å². The topological polar surface area (TPSA) is 104 Å². The van der Waals surface area contributed by atoms with Crippen LogP contribution in [0.2, 0.25) is 5.02 Å². The van der Waals surface area contributed by atoms with Gasteiger partial charge in [0.2, 0.25) is 0 Å². The Balaban J connectivity index is 2.40. The van der Waals surface area contributed by atoms with Crippen molar-refractivity contribution in [1.29, 1.82) is 10.5 Å². The van der Waals surface area contributed by atoms with Crippen molar-refractivity contribution >= 4 is 23.2 Å². The Hall–Kier alpha value is -3.10. The van der Waals surface area contributed by atoms with Crippen molar-refractivity contribution in [1.82, 2.24) is 9.13 Å². The van der Waals surface area contributed by atoms with Gasteiger partial charge in [0.25, 0.3) is 11.5 Å². The zero-order valence-electron chi connectivity index (χ0n) is 12.5. The van der Waals surface area contributed by atoms with E-state index in [2.05, 4.69) is 5.32 Å². The zero-order chi connectivity index (χ0) is 17.9. The van der Waals surface area contributed by atoms with E-state index < -0.39 is 18.1 Å². The number of carbonyl (C=O) groups excluding carboxylic acids is 1. The van der Waals surface area contributed by atoms with Crippen molar-refractivity contribution in [2.75, 3.05) is 12.0 Å². The summed E-state index contributed by atoms with van der Waals surface area (Å²) in [5.41, 5.74) is -0.452. The van der Waals surface area contributed by atoms with Gasteiger partial charge in [-0.25, -0.2) is 4.39 Å². The van der Waals surface area contributed by atoms with Gasteiger partial charge in [0.05, 0.1) is 17.3 Å². The number of aryl methyl sites for hydroxylation is 1. The molecule has 0 atom stereocenters. The second-order valence-electron chi connectivity index (χ2n) is 4.79. The Labute approximate surface area is 141 Å². The highest BCUT2D eigenvalue weighted by molar-refractivity contribution is 6.32. The van der Waals surface area contributed by atoms with Gasteiger partial charge >= 0.3 is 0 Å². The summed E-state index contributed by atoms with van der Waals surface area (Å²) in [7, 11) is 1.50. The first kappa shape index (κ1) is 17.3. The number of nitriles is 2. The van der Waals surface area contributed by atoms with Crippen LogP contribution in [-0.2, 0) is 13.6 Å². The van der Waals surface area contributed by atoms with Crippen LogP contribution in [0.4, 0.5) is 10.1 Å². The summed E-state index contributed by atoms with van der Waals surface area (Å²) in [6.07, 6.45) is 1.25. The van der Waals surface area contributed by atoms with Crippen LogP contribution < -0.4 is 10.9 Å². The number of carbonyl (C=O) groups is 1. The fourth-order valence-electron chi connectivity index (χ4n) is 2.15. The predicted octanol–water partition coefficient (Wildman–Crippen LogP) is 1.81. The first-order valence-corrected chi connectivity index (χ1v) is 7.08. The number of hydrogen-bond acceptors (Lipinski definition) is 4. The molecular weight excluding hydrogens is 337 g/mol. The van der Waals surface area contributed by atoms with Crippen molar-refractivity contribution in [3.8, 4) is 12.1 Å². The quantitative estimate of drug-likeness (QED) is 0.910. The van der Waals surface area contributed by atoms with Crippen LogP contribution >= 0.6 is 11.6 Å². The SMILES string of the molecule is Cn1c(C(=O)Nc2cc(C#N)c(=O)n(CCF)c2)cc(Cl)c1C#N. The number of hydrogen-bond donors (Lipinski definition) is 1. The molecule has 24 heavy (non-hydrogen) atoms. The molecule has 0 aliphatic carbocycles. The number of pyridine rings is 1. The third kappa shape index (κ3) is 3.14. The lowest BCUT2D eigenvalue weighted by Crippen LogP contribution is -2.25. The van der Waals surface area contributed by atoms with Gasteiger partial charge in [-0.3, -0.25) is 9.59 Å². The lowest BCUT2D eigenvalue weighted by atomic mass is 10.2. The molecular formula is C15H11ClFN5O2. The van der Waals surface area contributed by atoms with Gasteiger partial charge < -0.3 is 14.5 Å². The smallest absolute Gasteiger partial charge is 0.272 e. The van der Waals surface area contributed by atoms with Crippen molar-refractivity contribution in [2.24, 2.45) is 7.05 Å². The molecule has 0 radical (unpaired) electrons. The third-order valence-electron chi connectivity index (χ3n) is 3.31. The Morgan fingerprint density at radius 1 is 1.38 bits per heavy atom. The molecule has 0 saturated carbocycles. The predicted molar refractivity (Wildman–Crippen MR) is 84.5 cm³/mol. The Morgan fingerprint density at radius 3 is 2.62 bits per heavy atom. The van der Waals surface area contributed by atoms with Crippen LogP contribution in [0, 0.1) is 22.7 Å². The molecule has 0 bridgehead atoms. The third-order valence-corrected chi connectivity index (χ3v) is 3.60. The average molecular weight is 348 g/mol. The van der Waals surface area contributed by atoms with Crippen LogP contribution in [0.3, 0.4) is 0 Å². The fraction of sp³-hybridized carbons (Fsp3) is 0.200. The van der Waals surface area contributed by atoms with E-state index in [1.807, 2.05) is 6.07 Å². The summed E-state index contributed by atoms with van der Waals surface area (Å²) >= 11 is 5.88. The molecule has 9 heteroatoms. The molecule has 0 fully saturated rings. The zero-order valence-corrected chi connectivity index (χ0v) is 13.3. The lowest BCUT2D eigenvalue weighted by Gasteiger charge is -2.10. The number of nitrogens with one attached hydrogen (secondary N) is 1. The summed E-state index contributed by atoms with van der Waals surface area (Å²) in [6.45, 7) is -1.02. The maximum absolute atomic E-state index is 12.5. The largest absolute Gasteiger partial charge is 0.330 e. The van der Waals surface area contributed by atoms with Crippen LogP contribution in [-0.4, -0.2) is 21.7 Å². The first-order chi connectivity index (χ1) is 11.4. The number of alkyl halides is 1. The first-order valence-electron chi connectivity index (χ1n) is 6.70. The molecule has 0 spiro atoms.